The highest BCUT2D eigenvalue weighted by molar-refractivity contribution is 7.99. The number of carbonyl (C=O) groups excluding carboxylic acids is 1. The molecule has 2 heterocycles. The van der Waals surface area contributed by atoms with Crippen LogP contribution in [-0.4, -0.2) is 48.3 Å². The van der Waals surface area contributed by atoms with Gasteiger partial charge in [-0.2, -0.15) is 0 Å². The van der Waals surface area contributed by atoms with Crippen LogP contribution in [-0.2, 0) is 16.1 Å². The van der Waals surface area contributed by atoms with Crippen LogP contribution >= 0.6 is 11.8 Å². The quantitative estimate of drug-likeness (QED) is 0.501. The van der Waals surface area contributed by atoms with Crippen molar-refractivity contribution in [1.82, 2.24) is 24.8 Å². The third kappa shape index (κ3) is 4.36. The van der Waals surface area contributed by atoms with Gasteiger partial charge in [-0.05, 0) is 17.7 Å². The van der Waals surface area contributed by atoms with Gasteiger partial charge in [-0.3, -0.25) is 9.36 Å². The SMILES string of the molecule is CC(=O)N[C@@H](CSc1nc2c(N)ncnc2n1Cc1ccc(F)cc1)C(=O)O. The normalized spacial score (nSPS) is 12.1. The van der Waals surface area contributed by atoms with E-state index in [9.17, 15) is 19.1 Å². The number of carboxylic acids is 1. The van der Waals surface area contributed by atoms with Gasteiger partial charge in [0.2, 0.25) is 5.91 Å². The largest absolute Gasteiger partial charge is 0.480 e. The number of halogens is 1. The van der Waals surface area contributed by atoms with E-state index in [1.165, 1.54) is 25.4 Å². The molecule has 0 saturated carbocycles. The molecule has 4 N–H and O–H groups in total. The third-order valence-electron chi connectivity index (χ3n) is 3.83. The molecule has 1 atom stereocenters. The summed E-state index contributed by atoms with van der Waals surface area (Å²) in [6, 6.07) is 4.89. The Morgan fingerprint density at radius 3 is 2.68 bits per heavy atom. The minimum atomic E-state index is -1.15. The summed E-state index contributed by atoms with van der Waals surface area (Å²) in [5.41, 5.74) is 7.55. The van der Waals surface area contributed by atoms with Crippen LogP contribution < -0.4 is 11.1 Å². The maximum absolute atomic E-state index is 13.2. The smallest absolute Gasteiger partial charge is 0.327 e. The predicted molar refractivity (Wildman–Crippen MR) is 101 cm³/mol. The molecule has 0 aliphatic carbocycles. The number of nitrogens with one attached hydrogen (secondary N) is 1. The lowest BCUT2D eigenvalue weighted by Crippen LogP contribution is -2.41. The van der Waals surface area contributed by atoms with Gasteiger partial charge in [0.05, 0.1) is 6.54 Å². The molecule has 0 aliphatic rings. The Hall–Kier alpha value is -3.21. The van der Waals surface area contributed by atoms with Gasteiger partial charge >= 0.3 is 5.97 Å². The number of nitrogens with zero attached hydrogens (tertiary/aromatic N) is 4. The van der Waals surface area contributed by atoms with Gasteiger partial charge in [0.1, 0.15) is 18.2 Å². The second kappa shape index (κ2) is 8.21. The molecule has 0 bridgehead atoms. The van der Waals surface area contributed by atoms with Crippen LogP contribution in [0.5, 0.6) is 0 Å². The lowest BCUT2D eigenvalue weighted by Gasteiger charge is -2.13. The number of thioether (sulfide) groups is 1. The molecule has 28 heavy (non-hydrogen) atoms. The van der Waals surface area contributed by atoms with Crippen LogP contribution in [0.4, 0.5) is 10.2 Å². The van der Waals surface area contributed by atoms with Gasteiger partial charge in [0.15, 0.2) is 22.1 Å². The van der Waals surface area contributed by atoms with Crippen LogP contribution in [0.2, 0.25) is 0 Å². The molecule has 0 spiro atoms. The van der Waals surface area contributed by atoms with E-state index >= 15 is 0 Å². The summed E-state index contributed by atoms with van der Waals surface area (Å²) >= 11 is 1.14. The molecule has 0 saturated heterocycles. The Morgan fingerprint density at radius 2 is 2.04 bits per heavy atom. The second-order valence-corrected chi connectivity index (χ2v) is 6.93. The average molecular weight is 404 g/mol. The van der Waals surface area contributed by atoms with E-state index < -0.39 is 17.9 Å². The van der Waals surface area contributed by atoms with Crippen molar-refractivity contribution in [2.45, 2.75) is 24.7 Å². The zero-order chi connectivity index (χ0) is 20.3. The molecule has 3 aromatic rings. The van der Waals surface area contributed by atoms with Crippen molar-refractivity contribution in [3.05, 3.63) is 42.0 Å². The Labute approximate surface area is 163 Å². The van der Waals surface area contributed by atoms with Gasteiger partial charge in [-0.25, -0.2) is 24.1 Å². The minimum Gasteiger partial charge on any atom is -0.480 e. The fraction of sp³-hybridized carbons (Fsp3) is 0.235. The number of nitrogen functional groups attached to an aromatic ring is 1. The van der Waals surface area contributed by atoms with Crippen molar-refractivity contribution in [3.8, 4) is 0 Å². The molecule has 0 fully saturated rings. The number of nitrogens with two attached hydrogens (primary N) is 1. The van der Waals surface area contributed by atoms with E-state index in [-0.39, 0.29) is 17.4 Å². The number of fused-ring (bicyclic) bond motifs is 1. The lowest BCUT2D eigenvalue weighted by molar-refractivity contribution is -0.140. The van der Waals surface area contributed by atoms with Crippen molar-refractivity contribution < 1.29 is 19.1 Å². The zero-order valence-electron chi connectivity index (χ0n) is 14.8. The highest BCUT2D eigenvalue weighted by Crippen LogP contribution is 2.26. The van der Waals surface area contributed by atoms with E-state index in [0.717, 1.165) is 17.3 Å². The van der Waals surface area contributed by atoms with Crippen LogP contribution in [0.3, 0.4) is 0 Å². The van der Waals surface area contributed by atoms with Gasteiger partial charge in [-0.15, -0.1) is 0 Å². The Bertz CT molecular complexity index is 1020. The van der Waals surface area contributed by atoms with Gasteiger partial charge in [0.25, 0.3) is 0 Å². The molecule has 1 aromatic carbocycles. The maximum Gasteiger partial charge on any atom is 0.327 e. The molecule has 9 nitrogen and oxygen atoms in total. The first-order valence-corrected chi connectivity index (χ1v) is 9.17. The molecule has 1 amide bonds. The predicted octanol–water partition coefficient (Wildman–Crippen LogP) is 1.28. The first-order valence-electron chi connectivity index (χ1n) is 8.19. The average Bonchev–Trinajstić information content (AvgIpc) is 2.99. The second-order valence-electron chi connectivity index (χ2n) is 5.94. The van der Waals surface area contributed by atoms with E-state index in [1.807, 2.05) is 0 Å². The number of imidazole rings is 1. The summed E-state index contributed by atoms with van der Waals surface area (Å²) in [6.45, 7) is 1.58. The van der Waals surface area contributed by atoms with Gasteiger partial charge < -0.3 is 16.2 Å². The summed E-state index contributed by atoms with van der Waals surface area (Å²) in [7, 11) is 0. The number of amides is 1. The van der Waals surface area contributed by atoms with Crippen molar-refractivity contribution in [3.63, 3.8) is 0 Å². The summed E-state index contributed by atoms with van der Waals surface area (Å²) in [5.74, 6) is -1.69. The Balaban J connectivity index is 1.94. The molecule has 2 aromatic heterocycles. The van der Waals surface area contributed by atoms with Crippen LogP contribution in [0.1, 0.15) is 12.5 Å². The van der Waals surface area contributed by atoms with E-state index in [0.29, 0.717) is 22.9 Å². The number of aliphatic carboxylic acids is 1. The fourth-order valence-corrected chi connectivity index (χ4v) is 3.54. The number of rotatable bonds is 7. The van der Waals surface area contributed by atoms with E-state index in [2.05, 4.69) is 20.3 Å². The standard InChI is InChI=1S/C17H17FN6O3S/c1-9(25)22-12(16(26)27)7-28-17-23-13-14(19)20-8-21-15(13)24(17)6-10-2-4-11(18)5-3-10/h2-5,8,12H,6-7H2,1H3,(H,22,25)(H,26,27)(H2,19,20,21)/t12-/m0/s1. The van der Waals surface area contributed by atoms with Crippen molar-refractivity contribution >= 4 is 40.6 Å². The summed E-state index contributed by atoms with van der Waals surface area (Å²) < 4.78 is 14.9. The molecule has 0 radical (unpaired) electrons. The first-order chi connectivity index (χ1) is 13.3. The monoisotopic (exact) mass is 404 g/mol. The van der Waals surface area contributed by atoms with Gasteiger partial charge in [-0.1, -0.05) is 23.9 Å². The molecule has 146 valence electrons. The molecule has 0 aliphatic heterocycles. The topological polar surface area (TPSA) is 136 Å². The van der Waals surface area contributed by atoms with Gasteiger partial charge in [0, 0.05) is 12.7 Å². The Morgan fingerprint density at radius 1 is 1.32 bits per heavy atom. The highest BCUT2D eigenvalue weighted by atomic mass is 32.2. The number of anilines is 1. The van der Waals surface area contributed by atoms with Crippen molar-refractivity contribution in [1.29, 1.82) is 0 Å². The molecule has 0 unspecified atom stereocenters. The summed E-state index contributed by atoms with van der Waals surface area (Å²) in [4.78, 5) is 35.2. The van der Waals surface area contributed by atoms with Crippen LogP contribution in [0, 0.1) is 5.82 Å². The molecule has 11 heteroatoms. The Kier molecular flexibility index (Phi) is 5.73. The third-order valence-corrected chi connectivity index (χ3v) is 4.90. The highest BCUT2D eigenvalue weighted by Gasteiger charge is 2.22. The number of benzene rings is 1. The summed E-state index contributed by atoms with van der Waals surface area (Å²) in [5, 5.41) is 12.1. The number of aromatic nitrogens is 4. The summed E-state index contributed by atoms with van der Waals surface area (Å²) in [6.07, 6.45) is 1.31. The fourth-order valence-electron chi connectivity index (χ4n) is 2.54. The van der Waals surface area contributed by atoms with Crippen LogP contribution in [0.25, 0.3) is 11.2 Å². The molecular weight excluding hydrogens is 387 g/mol. The molecular formula is C17H17FN6O3S. The van der Waals surface area contributed by atoms with E-state index in [1.54, 1.807) is 16.7 Å². The van der Waals surface area contributed by atoms with Crippen LogP contribution in [0.15, 0.2) is 35.7 Å². The van der Waals surface area contributed by atoms with E-state index in [4.69, 9.17) is 5.73 Å². The van der Waals surface area contributed by atoms with Crippen molar-refractivity contribution in [2.24, 2.45) is 0 Å². The number of carboxylic acid groups (broad SMARTS) is 1. The van der Waals surface area contributed by atoms with Crippen molar-refractivity contribution in [2.75, 3.05) is 11.5 Å². The minimum absolute atomic E-state index is 0.0506. The lowest BCUT2D eigenvalue weighted by atomic mass is 10.2. The maximum atomic E-state index is 13.2. The zero-order valence-corrected chi connectivity index (χ0v) is 15.6. The number of hydrogen-bond acceptors (Lipinski definition) is 7. The molecule has 3 rings (SSSR count). The number of carbonyl (C=O) groups is 2. The number of hydrogen-bond donors (Lipinski definition) is 3. The first kappa shape index (κ1) is 19.5.